The van der Waals surface area contributed by atoms with Crippen molar-refractivity contribution in [2.75, 3.05) is 29.1 Å². The van der Waals surface area contributed by atoms with Crippen molar-refractivity contribution in [3.8, 4) is 0 Å². The average molecular weight is 368 g/mol. The smallest absolute Gasteiger partial charge is 0.359 e. The van der Waals surface area contributed by atoms with Crippen molar-refractivity contribution >= 4 is 29.0 Å². The van der Waals surface area contributed by atoms with Crippen molar-refractivity contribution in [1.29, 1.82) is 0 Å². The Labute approximate surface area is 144 Å². The van der Waals surface area contributed by atoms with E-state index in [1.165, 1.54) is 24.2 Å². The molecule has 0 aliphatic carbocycles. The fourth-order valence-electron chi connectivity index (χ4n) is 2.40. The van der Waals surface area contributed by atoms with Gasteiger partial charge in [0, 0.05) is 18.9 Å². The Kier molecular flexibility index (Phi) is 4.26. The molecule has 0 spiro atoms. The van der Waals surface area contributed by atoms with E-state index < -0.39 is 23.5 Å². The van der Waals surface area contributed by atoms with Gasteiger partial charge < -0.3 is 15.5 Å². The number of benzene rings is 1. The van der Waals surface area contributed by atoms with Crippen molar-refractivity contribution in [3.63, 3.8) is 0 Å². The summed E-state index contributed by atoms with van der Waals surface area (Å²) in [5, 5.41) is 5.05. The van der Waals surface area contributed by atoms with Gasteiger partial charge in [0.15, 0.2) is 0 Å². The number of fused-ring (bicyclic) bond motifs is 1. The predicted octanol–water partition coefficient (Wildman–Crippen LogP) is 2.88. The van der Waals surface area contributed by atoms with Gasteiger partial charge in [-0.1, -0.05) is 0 Å². The number of carbonyl (C=O) groups excluding carboxylic acids is 2. The number of aromatic nitrogens is 1. The van der Waals surface area contributed by atoms with Gasteiger partial charge in [-0.15, -0.1) is 0 Å². The molecule has 0 saturated heterocycles. The zero-order valence-electron chi connectivity index (χ0n) is 13.3. The van der Waals surface area contributed by atoms with E-state index in [2.05, 4.69) is 15.6 Å². The number of amides is 2. The Morgan fingerprint density at radius 3 is 2.73 bits per heavy atom. The van der Waals surface area contributed by atoms with Gasteiger partial charge in [0.2, 0.25) is 5.91 Å². The number of pyridine rings is 1. The highest BCUT2D eigenvalue weighted by atomic mass is 19.4. The van der Waals surface area contributed by atoms with E-state index >= 15 is 0 Å². The maximum absolute atomic E-state index is 13.3. The molecule has 1 aliphatic heterocycles. The van der Waals surface area contributed by atoms with Crippen LogP contribution in [0.1, 0.15) is 15.9 Å². The summed E-state index contributed by atoms with van der Waals surface area (Å²) in [4.78, 5) is 29.3. The van der Waals surface area contributed by atoms with Crippen LogP contribution in [0.4, 0.5) is 34.8 Å². The topological polar surface area (TPSA) is 74.3 Å². The first-order valence-electron chi connectivity index (χ1n) is 7.35. The van der Waals surface area contributed by atoms with Crippen molar-refractivity contribution < 1.29 is 27.2 Å². The fraction of sp³-hybridized carbons (Fsp3) is 0.188. The highest BCUT2D eigenvalue weighted by Gasteiger charge is 2.34. The van der Waals surface area contributed by atoms with Crippen LogP contribution < -0.4 is 15.5 Å². The van der Waals surface area contributed by atoms with E-state index in [0.29, 0.717) is 23.6 Å². The summed E-state index contributed by atoms with van der Waals surface area (Å²) in [5.41, 5.74) is -1.30. The minimum absolute atomic E-state index is 0.0324. The molecule has 0 radical (unpaired) electrons. The van der Waals surface area contributed by atoms with Gasteiger partial charge in [0.25, 0.3) is 5.91 Å². The van der Waals surface area contributed by atoms with Crippen LogP contribution in [0, 0.1) is 5.82 Å². The lowest BCUT2D eigenvalue weighted by atomic mass is 10.1. The quantitative estimate of drug-likeness (QED) is 0.800. The van der Waals surface area contributed by atoms with E-state index in [4.69, 9.17) is 0 Å². The normalized spacial score (nSPS) is 13.9. The number of hydrogen-bond donors (Lipinski definition) is 2. The summed E-state index contributed by atoms with van der Waals surface area (Å²) >= 11 is 0. The number of hydrogen-bond acceptors (Lipinski definition) is 4. The summed E-state index contributed by atoms with van der Waals surface area (Å²) in [6.07, 6.45) is -3.66. The van der Waals surface area contributed by atoms with Gasteiger partial charge in [-0.3, -0.25) is 9.59 Å². The lowest BCUT2D eigenvalue weighted by Gasteiger charge is -2.26. The molecule has 2 amide bonds. The Bertz CT molecular complexity index is 898. The first-order chi connectivity index (χ1) is 12.2. The van der Waals surface area contributed by atoms with Gasteiger partial charge in [0.05, 0.1) is 23.4 Å². The third-order valence-electron chi connectivity index (χ3n) is 3.80. The van der Waals surface area contributed by atoms with E-state index in [9.17, 15) is 27.2 Å². The van der Waals surface area contributed by atoms with Crippen molar-refractivity contribution in [3.05, 3.63) is 47.4 Å². The summed E-state index contributed by atoms with van der Waals surface area (Å²) in [7, 11) is 1.51. The van der Waals surface area contributed by atoms with E-state index in [0.717, 1.165) is 6.07 Å². The molecular formula is C16H12F4N4O2. The zero-order valence-corrected chi connectivity index (χ0v) is 13.3. The van der Waals surface area contributed by atoms with Crippen LogP contribution in [-0.4, -0.2) is 30.4 Å². The molecule has 1 aliphatic rings. The van der Waals surface area contributed by atoms with Crippen LogP contribution in [0.25, 0.3) is 0 Å². The second-order valence-corrected chi connectivity index (χ2v) is 5.54. The number of rotatable bonds is 2. The van der Waals surface area contributed by atoms with Crippen molar-refractivity contribution in [1.82, 2.24) is 4.98 Å². The Balaban J connectivity index is 1.86. The van der Waals surface area contributed by atoms with Crippen LogP contribution in [0.5, 0.6) is 0 Å². The number of nitrogens with zero attached hydrogens (tertiary/aromatic N) is 2. The molecule has 10 heteroatoms. The Morgan fingerprint density at radius 1 is 1.31 bits per heavy atom. The molecule has 6 nitrogen and oxygen atoms in total. The summed E-state index contributed by atoms with van der Waals surface area (Å²) < 4.78 is 51.6. The van der Waals surface area contributed by atoms with Gasteiger partial charge in [-0.25, -0.2) is 9.37 Å². The number of nitrogens with one attached hydrogen (secondary N) is 2. The van der Waals surface area contributed by atoms with Crippen LogP contribution >= 0.6 is 0 Å². The molecule has 1 aromatic heterocycles. The molecule has 1 aromatic carbocycles. The molecule has 3 rings (SSSR count). The molecule has 0 saturated carbocycles. The van der Waals surface area contributed by atoms with Gasteiger partial charge in [-0.2, -0.15) is 13.2 Å². The minimum atomic E-state index is -4.88. The molecule has 2 aromatic rings. The van der Waals surface area contributed by atoms with Crippen LogP contribution in [0.15, 0.2) is 30.5 Å². The van der Waals surface area contributed by atoms with Crippen molar-refractivity contribution in [2.45, 2.75) is 6.18 Å². The minimum Gasteiger partial charge on any atom is -0.359 e. The molecule has 26 heavy (non-hydrogen) atoms. The molecule has 2 heterocycles. The van der Waals surface area contributed by atoms with Crippen LogP contribution in [0.3, 0.4) is 0 Å². The SMILES string of the molecule is CN1C(=O)CNc2ncc(C(=O)Nc3ccc(F)c(C(F)(F)F)c3)cc21. The first-order valence-corrected chi connectivity index (χ1v) is 7.35. The third kappa shape index (κ3) is 3.30. The lowest BCUT2D eigenvalue weighted by Crippen LogP contribution is -2.37. The highest BCUT2D eigenvalue weighted by molar-refractivity contribution is 6.07. The summed E-state index contributed by atoms with van der Waals surface area (Å²) in [6, 6.07) is 3.54. The number of anilines is 3. The molecule has 0 bridgehead atoms. The number of likely N-dealkylation sites (N-methyl/N-ethyl adjacent to an activating group) is 1. The highest BCUT2D eigenvalue weighted by Crippen LogP contribution is 2.33. The molecule has 0 unspecified atom stereocenters. The lowest BCUT2D eigenvalue weighted by molar-refractivity contribution is -0.139. The number of alkyl halides is 3. The summed E-state index contributed by atoms with van der Waals surface area (Å²) in [6.45, 7) is 0.0673. The largest absolute Gasteiger partial charge is 0.419 e. The maximum atomic E-state index is 13.3. The Hall–Kier alpha value is -3.17. The monoisotopic (exact) mass is 368 g/mol. The molecule has 2 N–H and O–H groups in total. The predicted molar refractivity (Wildman–Crippen MR) is 85.5 cm³/mol. The maximum Gasteiger partial charge on any atom is 0.419 e. The average Bonchev–Trinajstić information content (AvgIpc) is 2.58. The first kappa shape index (κ1) is 17.6. The molecule has 136 valence electrons. The molecular weight excluding hydrogens is 356 g/mol. The summed E-state index contributed by atoms with van der Waals surface area (Å²) in [5.74, 6) is -2.00. The molecule has 0 atom stereocenters. The van der Waals surface area contributed by atoms with E-state index in [1.54, 1.807) is 0 Å². The second kappa shape index (κ2) is 6.28. The van der Waals surface area contributed by atoms with E-state index in [-0.39, 0.29) is 23.7 Å². The number of carbonyl (C=O) groups is 2. The van der Waals surface area contributed by atoms with Gasteiger partial charge >= 0.3 is 6.18 Å². The molecule has 0 fully saturated rings. The van der Waals surface area contributed by atoms with Crippen LogP contribution in [0.2, 0.25) is 0 Å². The van der Waals surface area contributed by atoms with Gasteiger partial charge in [-0.05, 0) is 24.3 Å². The van der Waals surface area contributed by atoms with Crippen molar-refractivity contribution in [2.24, 2.45) is 0 Å². The standard InChI is InChI=1S/C16H12F4N4O2/c1-24-12-4-8(6-21-14(12)22-7-13(24)25)15(26)23-9-2-3-11(17)10(5-9)16(18,19)20/h2-6H,7H2,1H3,(H,21,22)(H,23,26). The van der Waals surface area contributed by atoms with Gasteiger partial charge in [0.1, 0.15) is 11.6 Å². The van der Waals surface area contributed by atoms with E-state index in [1.807, 2.05) is 0 Å². The second-order valence-electron chi connectivity index (χ2n) is 5.54. The number of halogens is 4. The Morgan fingerprint density at radius 2 is 2.04 bits per heavy atom. The third-order valence-corrected chi connectivity index (χ3v) is 3.80. The zero-order chi connectivity index (χ0) is 19.1. The van der Waals surface area contributed by atoms with Crippen LogP contribution in [-0.2, 0) is 11.0 Å². The fourth-order valence-corrected chi connectivity index (χ4v) is 2.40.